The van der Waals surface area contributed by atoms with Crippen LogP contribution in [-0.4, -0.2) is 106 Å². The molecule has 61 heavy (non-hydrogen) atoms. The Hall–Kier alpha value is -5.66. The summed E-state index contributed by atoms with van der Waals surface area (Å²) in [7, 11) is 2.62. The second kappa shape index (κ2) is 17.7. The smallest absolute Gasteiger partial charge is 0.407 e. The molecule has 2 aromatic heterocycles. The van der Waals surface area contributed by atoms with Crippen molar-refractivity contribution in [2.45, 2.75) is 122 Å². The van der Waals surface area contributed by atoms with Crippen molar-refractivity contribution in [1.29, 1.82) is 0 Å². The summed E-state index contributed by atoms with van der Waals surface area (Å²) >= 11 is 0. The van der Waals surface area contributed by atoms with E-state index in [2.05, 4.69) is 57.0 Å². The van der Waals surface area contributed by atoms with E-state index in [4.69, 9.17) is 19.5 Å². The summed E-state index contributed by atoms with van der Waals surface area (Å²) in [6, 6.07) is 11.8. The molecule has 5 heterocycles. The van der Waals surface area contributed by atoms with E-state index in [0.717, 1.165) is 104 Å². The van der Waals surface area contributed by atoms with E-state index < -0.39 is 24.3 Å². The van der Waals surface area contributed by atoms with Crippen molar-refractivity contribution in [3.8, 4) is 22.5 Å². The highest BCUT2D eigenvalue weighted by Crippen LogP contribution is 2.40. The number of nitrogens with one attached hydrogen (secondary N) is 4. The van der Waals surface area contributed by atoms with E-state index in [1.54, 1.807) is 0 Å². The lowest BCUT2D eigenvalue weighted by molar-refractivity contribution is -0.136. The van der Waals surface area contributed by atoms with E-state index in [9.17, 15) is 19.2 Å². The van der Waals surface area contributed by atoms with Crippen LogP contribution in [0.1, 0.15) is 108 Å². The highest BCUT2D eigenvalue weighted by atomic mass is 16.5. The van der Waals surface area contributed by atoms with Crippen LogP contribution < -0.4 is 10.6 Å². The fraction of sp³-hybridized carbons (Fsp3) is 0.532. The van der Waals surface area contributed by atoms with Crippen LogP contribution in [0, 0.1) is 11.8 Å². The summed E-state index contributed by atoms with van der Waals surface area (Å²) in [5.74, 6) is 0.395. The second-order valence-electron chi connectivity index (χ2n) is 17.8. The zero-order valence-electron chi connectivity index (χ0n) is 36.3. The minimum atomic E-state index is -0.684. The summed E-state index contributed by atoms with van der Waals surface area (Å²) in [5, 5.41) is 6.73. The number of aromatic amines is 2. The molecule has 5 unspecified atom stereocenters. The average Bonchev–Trinajstić information content (AvgIpc) is 4.08. The normalized spacial score (nSPS) is 21.1. The van der Waals surface area contributed by atoms with Gasteiger partial charge >= 0.3 is 12.2 Å². The minimum Gasteiger partial charge on any atom is -0.453 e. The zero-order valence-corrected chi connectivity index (χ0v) is 36.3. The molecule has 3 aliphatic heterocycles. The molecule has 0 radical (unpaired) electrons. The maximum atomic E-state index is 13.9. The summed E-state index contributed by atoms with van der Waals surface area (Å²) < 4.78 is 9.63. The van der Waals surface area contributed by atoms with E-state index >= 15 is 0 Å². The van der Waals surface area contributed by atoms with Crippen molar-refractivity contribution in [1.82, 2.24) is 35.4 Å². The van der Waals surface area contributed by atoms with Gasteiger partial charge in [-0.15, -0.1) is 0 Å². The van der Waals surface area contributed by atoms with Gasteiger partial charge in [0, 0.05) is 41.0 Å². The average molecular weight is 833 g/mol. The van der Waals surface area contributed by atoms with Gasteiger partial charge in [-0.2, -0.15) is 0 Å². The fourth-order valence-electron chi connectivity index (χ4n) is 10.1. The Morgan fingerprint density at radius 2 is 1.44 bits per heavy atom. The molecule has 324 valence electrons. The molecular weight excluding hydrogens is 773 g/mol. The van der Waals surface area contributed by atoms with Crippen molar-refractivity contribution < 1.29 is 28.7 Å². The minimum absolute atomic E-state index is 0.000660. The number of H-pyrrole nitrogens is 2. The number of carbonyl (C=O) groups is 4. The molecule has 4 N–H and O–H groups in total. The first-order chi connectivity index (χ1) is 29.4. The molecule has 0 spiro atoms. The Morgan fingerprint density at radius 3 is 2.16 bits per heavy atom. The lowest BCUT2D eigenvalue weighted by Gasteiger charge is -2.33. The van der Waals surface area contributed by atoms with Gasteiger partial charge in [-0.3, -0.25) is 14.6 Å². The highest BCUT2D eigenvalue weighted by Gasteiger charge is 2.40. The molecule has 1 aliphatic carbocycles. The van der Waals surface area contributed by atoms with Crippen molar-refractivity contribution in [2.24, 2.45) is 16.8 Å². The van der Waals surface area contributed by atoms with Gasteiger partial charge in [0.15, 0.2) is 0 Å². The standard InChI is InChI=1S/C47H60N8O6/c1-26(2)40(52-46(58)60-5)44(56)54-21-9-13-38(54)36-12-8-7-11-34(49-36)30-17-20-35-33(24-30)32-19-15-28-23-29(16-18-31(28)42(32)50-35)37-25-48-43(51-37)39-14-10-22-55(39)45(57)41(27(3)4)53-47(59)61-6/h16-18,20,23-27,36,38-41,50H,7-15,19,21-22H2,1-6H3,(H,48,51)(H,52,58)(H,53,59). The maximum Gasteiger partial charge on any atom is 0.407 e. The number of nitrogens with zero attached hydrogens (tertiary/aromatic N) is 4. The number of hydrogen-bond donors (Lipinski definition) is 4. The van der Waals surface area contributed by atoms with Crippen LogP contribution in [0.15, 0.2) is 47.6 Å². The number of amides is 4. The molecule has 4 aromatic rings. The van der Waals surface area contributed by atoms with E-state index in [1.165, 1.54) is 36.3 Å². The van der Waals surface area contributed by atoms with E-state index in [1.807, 2.05) is 43.7 Å². The van der Waals surface area contributed by atoms with Gasteiger partial charge in [0.2, 0.25) is 11.8 Å². The van der Waals surface area contributed by atoms with Crippen molar-refractivity contribution in [2.75, 3.05) is 27.3 Å². The molecule has 2 fully saturated rings. The molecule has 2 aromatic carbocycles. The van der Waals surface area contributed by atoms with Gasteiger partial charge in [-0.1, -0.05) is 52.3 Å². The molecule has 2 saturated heterocycles. The third kappa shape index (κ3) is 8.37. The molecule has 5 atom stereocenters. The van der Waals surface area contributed by atoms with Crippen LogP contribution in [0.3, 0.4) is 0 Å². The van der Waals surface area contributed by atoms with Gasteiger partial charge in [0.1, 0.15) is 17.9 Å². The number of methoxy groups -OCH3 is 2. The first kappa shape index (κ1) is 42.0. The monoisotopic (exact) mass is 832 g/mol. The Labute approximate surface area is 357 Å². The number of aromatic nitrogens is 3. The Bertz CT molecular complexity index is 2330. The van der Waals surface area contributed by atoms with E-state index in [-0.39, 0.29) is 41.8 Å². The lowest BCUT2D eigenvalue weighted by Crippen LogP contribution is -2.54. The van der Waals surface area contributed by atoms with Crippen molar-refractivity contribution in [3.05, 3.63) is 65.1 Å². The number of aliphatic imine (C=N–C) groups is 1. The number of ether oxygens (including phenoxy) is 2. The number of likely N-dealkylation sites (tertiary alicyclic amines) is 2. The van der Waals surface area contributed by atoms with Gasteiger partial charge in [-0.05, 0) is 110 Å². The number of alkyl carbamates (subject to hydrolysis) is 2. The Balaban J connectivity index is 1.01. The van der Waals surface area contributed by atoms with Crippen LogP contribution in [0.4, 0.5) is 9.59 Å². The van der Waals surface area contributed by atoms with Gasteiger partial charge in [0.05, 0.1) is 44.2 Å². The first-order valence-electron chi connectivity index (χ1n) is 22.2. The quantitative estimate of drug-likeness (QED) is 0.128. The predicted molar refractivity (Wildman–Crippen MR) is 234 cm³/mol. The Kier molecular flexibility index (Phi) is 12.2. The van der Waals surface area contributed by atoms with E-state index in [0.29, 0.717) is 13.1 Å². The van der Waals surface area contributed by atoms with Crippen LogP contribution in [0.25, 0.3) is 33.4 Å². The molecule has 14 heteroatoms. The van der Waals surface area contributed by atoms with Crippen molar-refractivity contribution >= 4 is 40.6 Å². The number of carbonyl (C=O) groups excluding carboxylic acids is 4. The zero-order chi connectivity index (χ0) is 42.9. The summed E-state index contributed by atoms with van der Waals surface area (Å²) in [6.07, 6.45) is 9.88. The molecule has 4 amide bonds. The Morgan fingerprint density at radius 1 is 0.754 bits per heavy atom. The molecule has 0 saturated carbocycles. The van der Waals surface area contributed by atoms with Gasteiger partial charge in [-0.25, -0.2) is 14.6 Å². The van der Waals surface area contributed by atoms with Crippen LogP contribution in [0.2, 0.25) is 0 Å². The lowest BCUT2D eigenvalue weighted by atomic mass is 9.87. The summed E-state index contributed by atoms with van der Waals surface area (Å²) in [6.45, 7) is 9.00. The SMILES string of the molecule is COC(=O)NC(C(=O)N1CCCC1c1ncc(-c2ccc3c(c2)CCc2c-3[nH]c3ccc(C4=NC(C5CCCN5C(=O)C(NC(=O)OC)C(C)C)CCCC4)cc23)[nH]1)C(C)C. The molecule has 0 bridgehead atoms. The number of imidazole rings is 1. The largest absolute Gasteiger partial charge is 0.453 e. The molecular formula is C47H60N8O6. The van der Waals surface area contributed by atoms with Gasteiger partial charge in [0.25, 0.3) is 0 Å². The van der Waals surface area contributed by atoms with Gasteiger partial charge < -0.3 is 39.9 Å². The third-order valence-corrected chi connectivity index (χ3v) is 13.3. The molecule has 14 nitrogen and oxygen atoms in total. The molecule has 8 rings (SSSR count). The third-order valence-electron chi connectivity index (χ3n) is 13.3. The van der Waals surface area contributed by atoms with Crippen molar-refractivity contribution in [3.63, 3.8) is 0 Å². The summed E-state index contributed by atoms with van der Waals surface area (Å²) in [4.78, 5) is 73.0. The second-order valence-corrected chi connectivity index (χ2v) is 17.8. The first-order valence-corrected chi connectivity index (χ1v) is 22.2. The number of benzene rings is 2. The molecule has 4 aliphatic rings. The van der Waals surface area contributed by atoms with Crippen LogP contribution in [0.5, 0.6) is 0 Å². The number of aryl methyl sites for hydroxylation is 2. The maximum absolute atomic E-state index is 13.9. The predicted octanol–water partition coefficient (Wildman–Crippen LogP) is 7.47. The fourth-order valence-corrected chi connectivity index (χ4v) is 10.1. The van der Waals surface area contributed by atoms with Crippen LogP contribution >= 0.6 is 0 Å². The highest BCUT2D eigenvalue weighted by molar-refractivity contribution is 6.05. The number of fused-ring (bicyclic) bond motifs is 5. The number of hydrogen-bond acceptors (Lipinski definition) is 8. The van der Waals surface area contributed by atoms with Crippen LogP contribution in [-0.2, 0) is 31.9 Å². The summed E-state index contributed by atoms with van der Waals surface area (Å²) in [5.41, 5.74) is 10.3. The number of rotatable bonds is 10. The topological polar surface area (TPSA) is 174 Å².